The second-order valence-electron chi connectivity index (χ2n) is 4.81. The molecular formula is C14H22N4OS. The first-order valence-electron chi connectivity index (χ1n) is 6.69. The van der Waals surface area contributed by atoms with Gasteiger partial charge < -0.3 is 10.2 Å². The largest absolute Gasteiger partial charge is 0.365 e. The molecular weight excluding hydrogens is 272 g/mol. The van der Waals surface area contributed by atoms with Crippen molar-refractivity contribution >= 4 is 23.5 Å². The van der Waals surface area contributed by atoms with Gasteiger partial charge in [-0.3, -0.25) is 4.79 Å². The van der Waals surface area contributed by atoms with Crippen LogP contribution in [-0.2, 0) is 4.79 Å². The molecule has 0 aliphatic carbocycles. The summed E-state index contributed by atoms with van der Waals surface area (Å²) in [6, 6.07) is 0.229. The zero-order valence-electron chi connectivity index (χ0n) is 11.9. The Bertz CT molecular complexity index is 512. The summed E-state index contributed by atoms with van der Waals surface area (Å²) in [6.45, 7) is 6.93. The zero-order chi connectivity index (χ0) is 14.5. The molecule has 20 heavy (non-hydrogen) atoms. The second kappa shape index (κ2) is 6.74. The van der Waals surface area contributed by atoms with Crippen LogP contribution in [0.3, 0.4) is 0 Å². The molecule has 0 bridgehead atoms. The lowest BCUT2D eigenvalue weighted by atomic mass is 10.1. The SMILES string of the molecule is C=CC(=O)N1CCC[C@@H](Nc2nc(C)ncc2SC)C1.[HH]. The van der Waals surface area contributed by atoms with Gasteiger partial charge in [-0.15, -0.1) is 11.8 Å². The van der Waals surface area contributed by atoms with Crippen molar-refractivity contribution in [2.24, 2.45) is 0 Å². The Hall–Kier alpha value is -1.56. The van der Waals surface area contributed by atoms with Crippen molar-refractivity contribution in [3.8, 4) is 0 Å². The molecule has 1 aromatic rings. The summed E-state index contributed by atoms with van der Waals surface area (Å²) in [5.74, 6) is 1.61. The fraction of sp³-hybridized carbons (Fsp3) is 0.500. The quantitative estimate of drug-likeness (QED) is 0.682. The third kappa shape index (κ3) is 3.50. The number of likely N-dealkylation sites (tertiary alicyclic amines) is 1. The van der Waals surface area contributed by atoms with Gasteiger partial charge in [-0.05, 0) is 32.1 Å². The van der Waals surface area contributed by atoms with E-state index >= 15 is 0 Å². The highest BCUT2D eigenvalue weighted by molar-refractivity contribution is 7.98. The molecule has 1 aliphatic rings. The van der Waals surface area contributed by atoms with Crippen LogP contribution in [0.15, 0.2) is 23.7 Å². The highest BCUT2D eigenvalue weighted by atomic mass is 32.2. The maximum atomic E-state index is 11.7. The number of thioether (sulfide) groups is 1. The summed E-state index contributed by atoms with van der Waals surface area (Å²) in [5, 5.41) is 3.45. The van der Waals surface area contributed by atoms with Crippen LogP contribution in [0.25, 0.3) is 0 Å². The van der Waals surface area contributed by atoms with Crippen LogP contribution in [-0.4, -0.2) is 46.2 Å². The Labute approximate surface area is 125 Å². The van der Waals surface area contributed by atoms with E-state index in [1.54, 1.807) is 11.8 Å². The Morgan fingerprint density at radius 2 is 2.50 bits per heavy atom. The molecule has 1 amide bonds. The molecule has 1 atom stereocenters. The third-order valence-electron chi connectivity index (χ3n) is 3.34. The van der Waals surface area contributed by atoms with Gasteiger partial charge in [0, 0.05) is 26.8 Å². The molecule has 0 aromatic carbocycles. The number of rotatable bonds is 4. The molecule has 0 saturated carbocycles. The topological polar surface area (TPSA) is 58.1 Å². The zero-order valence-corrected chi connectivity index (χ0v) is 12.7. The first-order valence-corrected chi connectivity index (χ1v) is 7.92. The van der Waals surface area contributed by atoms with Gasteiger partial charge in [-0.2, -0.15) is 0 Å². The van der Waals surface area contributed by atoms with Gasteiger partial charge in [-0.25, -0.2) is 9.97 Å². The number of hydrogen-bond donors (Lipinski definition) is 1. The van der Waals surface area contributed by atoms with Gasteiger partial charge in [-0.1, -0.05) is 6.58 Å². The number of piperidine rings is 1. The van der Waals surface area contributed by atoms with Crippen LogP contribution in [0.5, 0.6) is 0 Å². The minimum Gasteiger partial charge on any atom is -0.365 e. The fourth-order valence-electron chi connectivity index (χ4n) is 2.33. The average molecular weight is 294 g/mol. The first kappa shape index (κ1) is 14.8. The molecule has 1 saturated heterocycles. The van der Waals surface area contributed by atoms with Gasteiger partial charge in [0.25, 0.3) is 0 Å². The van der Waals surface area contributed by atoms with Crippen molar-refractivity contribution in [2.75, 3.05) is 24.7 Å². The van der Waals surface area contributed by atoms with E-state index in [9.17, 15) is 4.79 Å². The number of aryl methyl sites for hydroxylation is 1. The van der Waals surface area contributed by atoms with Crippen molar-refractivity contribution in [2.45, 2.75) is 30.7 Å². The number of nitrogens with zero attached hydrogens (tertiary/aromatic N) is 3. The number of nitrogens with one attached hydrogen (secondary N) is 1. The van der Waals surface area contributed by atoms with Crippen LogP contribution in [0.4, 0.5) is 5.82 Å². The monoisotopic (exact) mass is 294 g/mol. The molecule has 2 heterocycles. The normalized spacial score (nSPS) is 18.7. The smallest absolute Gasteiger partial charge is 0.246 e. The predicted octanol–water partition coefficient (Wildman–Crippen LogP) is 2.34. The molecule has 6 heteroatoms. The lowest BCUT2D eigenvalue weighted by Gasteiger charge is -2.33. The summed E-state index contributed by atoms with van der Waals surface area (Å²) in [5.41, 5.74) is 0. The first-order chi connectivity index (χ1) is 9.63. The van der Waals surface area contributed by atoms with Crippen LogP contribution >= 0.6 is 11.8 Å². The summed E-state index contributed by atoms with van der Waals surface area (Å²) in [6.07, 6.45) is 7.26. The number of carbonyl (C=O) groups is 1. The highest BCUT2D eigenvalue weighted by Crippen LogP contribution is 2.24. The Kier molecular flexibility index (Phi) is 5.00. The van der Waals surface area contributed by atoms with E-state index in [0.29, 0.717) is 6.54 Å². The van der Waals surface area contributed by atoms with Crippen LogP contribution in [0, 0.1) is 6.92 Å². The van der Waals surface area contributed by atoms with Gasteiger partial charge in [0.2, 0.25) is 5.91 Å². The van der Waals surface area contributed by atoms with E-state index in [4.69, 9.17) is 0 Å². The molecule has 1 aromatic heterocycles. The van der Waals surface area contributed by atoms with Crippen molar-refractivity contribution in [3.05, 3.63) is 24.7 Å². The van der Waals surface area contributed by atoms with Crippen LogP contribution in [0.2, 0.25) is 0 Å². The number of anilines is 1. The number of hydrogen-bond acceptors (Lipinski definition) is 5. The van der Waals surface area contributed by atoms with Crippen molar-refractivity contribution < 1.29 is 6.22 Å². The van der Waals surface area contributed by atoms with Crippen LogP contribution in [0.1, 0.15) is 20.1 Å². The predicted molar refractivity (Wildman–Crippen MR) is 84.1 cm³/mol. The molecule has 5 nitrogen and oxygen atoms in total. The van der Waals surface area contributed by atoms with Crippen molar-refractivity contribution in [3.63, 3.8) is 0 Å². The molecule has 0 spiro atoms. The molecule has 0 radical (unpaired) electrons. The van der Waals surface area contributed by atoms with E-state index in [-0.39, 0.29) is 13.4 Å². The molecule has 1 fully saturated rings. The van der Waals surface area contributed by atoms with E-state index in [2.05, 4.69) is 21.9 Å². The standard InChI is InChI=1S/C14H20N4OS.H2/c1-4-13(19)18-7-5-6-11(9-18)17-14-12(20-3)8-15-10(2)16-14;/h4,8,11H,1,5-7,9H2,2-3H3,(H,15,16,17);1H/t11-;/m1./s1. The molecule has 1 aliphatic heterocycles. The van der Waals surface area contributed by atoms with Crippen molar-refractivity contribution in [1.29, 1.82) is 0 Å². The maximum Gasteiger partial charge on any atom is 0.246 e. The molecule has 110 valence electrons. The lowest BCUT2D eigenvalue weighted by Crippen LogP contribution is -2.44. The van der Waals surface area contributed by atoms with Gasteiger partial charge in [0.1, 0.15) is 11.6 Å². The minimum absolute atomic E-state index is 0. The van der Waals surface area contributed by atoms with E-state index < -0.39 is 0 Å². The number of amides is 1. The summed E-state index contributed by atoms with van der Waals surface area (Å²) in [7, 11) is 0. The lowest BCUT2D eigenvalue weighted by molar-refractivity contribution is -0.127. The van der Waals surface area contributed by atoms with Crippen molar-refractivity contribution in [1.82, 2.24) is 14.9 Å². The summed E-state index contributed by atoms with van der Waals surface area (Å²) in [4.78, 5) is 23.2. The van der Waals surface area contributed by atoms with Gasteiger partial charge in [0.15, 0.2) is 0 Å². The van der Waals surface area contributed by atoms with Gasteiger partial charge >= 0.3 is 0 Å². The Balaban J connectivity index is 0.00000220. The van der Waals surface area contributed by atoms with E-state index in [0.717, 1.165) is 35.9 Å². The van der Waals surface area contributed by atoms with E-state index in [1.165, 1.54) is 6.08 Å². The Morgan fingerprint density at radius 1 is 1.70 bits per heavy atom. The summed E-state index contributed by atoms with van der Waals surface area (Å²) >= 11 is 1.62. The van der Waals surface area contributed by atoms with Gasteiger partial charge in [0.05, 0.1) is 4.90 Å². The Morgan fingerprint density at radius 3 is 3.20 bits per heavy atom. The summed E-state index contributed by atoms with van der Waals surface area (Å²) < 4.78 is 0. The highest BCUT2D eigenvalue weighted by Gasteiger charge is 2.23. The van der Waals surface area contributed by atoms with Crippen LogP contribution < -0.4 is 5.32 Å². The third-order valence-corrected chi connectivity index (χ3v) is 4.08. The maximum absolute atomic E-state index is 11.7. The molecule has 0 unspecified atom stereocenters. The number of aromatic nitrogens is 2. The number of carbonyl (C=O) groups excluding carboxylic acids is 1. The fourth-order valence-corrected chi connectivity index (χ4v) is 2.79. The second-order valence-corrected chi connectivity index (χ2v) is 5.65. The average Bonchev–Trinajstić information content (AvgIpc) is 2.47. The molecule has 1 N–H and O–H groups in total. The minimum atomic E-state index is 0. The molecule has 2 rings (SSSR count). The van der Waals surface area contributed by atoms with E-state index in [1.807, 2.05) is 24.3 Å².